The Morgan fingerprint density at radius 3 is 2.59 bits per heavy atom. The van der Waals surface area contributed by atoms with E-state index in [1.54, 1.807) is 7.11 Å². The highest BCUT2D eigenvalue weighted by molar-refractivity contribution is 5.77. The summed E-state index contributed by atoms with van der Waals surface area (Å²) in [5.41, 5.74) is 3.75. The van der Waals surface area contributed by atoms with Crippen molar-refractivity contribution in [3.63, 3.8) is 0 Å². The van der Waals surface area contributed by atoms with Crippen LogP contribution in [-0.4, -0.2) is 31.6 Å². The SMILES string of the molecule is CCOc1ccc(CN(C)C(=O)CC2CCCc3cc(OC)ccc32)cc1. The molecule has 0 spiro atoms. The second-order valence-electron chi connectivity index (χ2n) is 7.18. The summed E-state index contributed by atoms with van der Waals surface area (Å²) in [4.78, 5) is 14.6. The third kappa shape index (κ3) is 4.82. The van der Waals surface area contributed by atoms with E-state index in [2.05, 4.69) is 12.1 Å². The highest BCUT2D eigenvalue weighted by Crippen LogP contribution is 2.36. The van der Waals surface area contributed by atoms with Crippen LogP contribution in [0, 0.1) is 0 Å². The summed E-state index contributed by atoms with van der Waals surface area (Å²) in [6.07, 6.45) is 3.83. The molecule has 0 saturated heterocycles. The third-order valence-corrected chi connectivity index (χ3v) is 5.29. The first kappa shape index (κ1) is 19.3. The summed E-state index contributed by atoms with van der Waals surface area (Å²) in [7, 11) is 3.58. The van der Waals surface area contributed by atoms with Gasteiger partial charge in [-0.15, -0.1) is 0 Å². The minimum atomic E-state index is 0.192. The fourth-order valence-electron chi connectivity index (χ4n) is 3.82. The van der Waals surface area contributed by atoms with Crippen molar-refractivity contribution < 1.29 is 14.3 Å². The molecule has 3 rings (SSSR count). The first-order chi connectivity index (χ1) is 13.1. The van der Waals surface area contributed by atoms with Crippen LogP contribution in [0.5, 0.6) is 11.5 Å². The largest absolute Gasteiger partial charge is 0.497 e. The standard InChI is InChI=1S/C23H29NO3/c1-4-27-20-10-8-17(9-11-20)16-24(2)23(25)15-19-7-5-6-18-14-21(26-3)12-13-22(18)19/h8-14,19H,4-7,15-16H2,1-3H3. The Bertz CT molecular complexity index is 770. The monoisotopic (exact) mass is 367 g/mol. The van der Waals surface area contributed by atoms with Crippen LogP contribution in [0.4, 0.5) is 0 Å². The van der Waals surface area contributed by atoms with Crippen LogP contribution in [0.1, 0.15) is 48.8 Å². The Morgan fingerprint density at radius 1 is 1.15 bits per heavy atom. The number of aryl methyl sites for hydroxylation is 1. The van der Waals surface area contributed by atoms with Gasteiger partial charge in [0.05, 0.1) is 13.7 Å². The molecule has 144 valence electrons. The zero-order valence-corrected chi connectivity index (χ0v) is 16.5. The molecule has 1 aliphatic carbocycles. The molecule has 1 unspecified atom stereocenters. The Hall–Kier alpha value is -2.49. The van der Waals surface area contributed by atoms with Crippen molar-refractivity contribution in [2.75, 3.05) is 20.8 Å². The van der Waals surface area contributed by atoms with E-state index in [9.17, 15) is 4.79 Å². The highest BCUT2D eigenvalue weighted by Gasteiger charge is 2.24. The summed E-state index contributed by atoms with van der Waals surface area (Å²) in [5.74, 6) is 2.25. The maximum absolute atomic E-state index is 12.8. The molecule has 0 N–H and O–H groups in total. The van der Waals surface area contributed by atoms with Crippen LogP contribution in [0.15, 0.2) is 42.5 Å². The predicted octanol–water partition coefficient (Wildman–Crippen LogP) is 4.56. The smallest absolute Gasteiger partial charge is 0.223 e. The van der Waals surface area contributed by atoms with E-state index >= 15 is 0 Å². The average molecular weight is 367 g/mol. The number of rotatable bonds is 7. The lowest BCUT2D eigenvalue weighted by molar-refractivity contribution is -0.130. The molecule has 1 atom stereocenters. The lowest BCUT2D eigenvalue weighted by Gasteiger charge is -2.27. The number of methoxy groups -OCH3 is 1. The lowest BCUT2D eigenvalue weighted by Crippen LogP contribution is -2.28. The van der Waals surface area contributed by atoms with Gasteiger partial charge in [-0.25, -0.2) is 0 Å². The summed E-state index contributed by atoms with van der Waals surface area (Å²) >= 11 is 0. The average Bonchev–Trinajstić information content (AvgIpc) is 2.69. The number of benzene rings is 2. The van der Waals surface area contributed by atoms with Gasteiger partial charge in [-0.2, -0.15) is 0 Å². The summed E-state index contributed by atoms with van der Waals surface area (Å²) in [6.45, 7) is 3.25. The van der Waals surface area contributed by atoms with Gasteiger partial charge >= 0.3 is 0 Å². The minimum absolute atomic E-state index is 0.192. The number of carbonyl (C=O) groups is 1. The molecular formula is C23H29NO3. The maximum Gasteiger partial charge on any atom is 0.223 e. The molecule has 2 aromatic rings. The molecule has 0 fully saturated rings. The zero-order valence-electron chi connectivity index (χ0n) is 16.5. The fourth-order valence-corrected chi connectivity index (χ4v) is 3.82. The van der Waals surface area contributed by atoms with Crippen LogP contribution < -0.4 is 9.47 Å². The van der Waals surface area contributed by atoms with Crippen LogP contribution >= 0.6 is 0 Å². The molecule has 0 aliphatic heterocycles. The summed E-state index contributed by atoms with van der Waals surface area (Å²) < 4.78 is 10.8. The zero-order chi connectivity index (χ0) is 19.2. The first-order valence-electron chi connectivity index (χ1n) is 9.73. The predicted molar refractivity (Wildman–Crippen MR) is 107 cm³/mol. The summed E-state index contributed by atoms with van der Waals surface area (Å²) in [6, 6.07) is 14.2. The van der Waals surface area contributed by atoms with Gasteiger partial charge in [-0.05, 0) is 73.1 Å². The first-order valence-corrected chi connectivity index (χ1v) is 9.73. The molecular weight excluding hydrogens is 338 g/mol. The van der Waals surface area contributed by atoms with E-state index in [1.165, 1.54) is 11.1 Å². The number of hydrogen-bond acceptors (Lipinski definition) is 3. The van der Waals surface area contributed by atoms with Gasteiger partial charge in [0.2, 0.25) is 5.91 Å². The van der Waals surface area contributed by atoms with E-state index in [0.717, 1.165) is 36.3 Å². The molecule has 27 heavy (non-hydrogen) atoms. The van der Waals surface area contributed by atoms with Gasteiger partial charge in [-0.1, -0.05) is 18.2 Å². The van der Waals surface area contributed by atoms with Crippen molar-refractivity contribution >= 4 is 5.91 Å². The van der Waals surface area contributed by atoms with Crippen LogP contribution in [0.3, 0.4) is 0 Å². The van der Waals surface area contributed by atoms with Crippen LogP contribution in [0.2, 0.25) is 0 Å². The maximum atomic E-state index is 12.8. The van der Waals surface area contributed by atoms with Gasteiger partial charge in [0.1, 0.15) is 11.5 Å². The van der Waals surface area contributed by atoms with Crippen molar-refractivity contribution in [1.29, 1.82) is 0 Å². The van der Waals surface area contributed by atoms with Gasteiger partial charge in [0.25, 0.3) is 0 Å². The van der Waals surface area contributed by atoms with Gasteiger partial charge in [0.15, 0.2) is 0 Å². The number of hydrogen-bond donors (Lipinski definition) is 0. The van der Waals surface area contributed by atoms with Crippen LogP contribution in [-0.2, 0) is 17.8 Å². The molecule has 0 radical (unpaired) electrons. The van der Waals surface area contributed by atoms with Crippen LogP contribution in [0.25, 0.3) is 0 Å². The van der Waals surface area contributed by atoms with Gasteiger partial charge < -0.3 is 14.4 Å². The van der Waals surface area contributed by atoms with E-state index in [1.807, 2.05) is 49.2 Å². The van der Waals surface area contributed by atoms with Crippen molar-refractivity contribution in [3.05, 3.63) is 59.2 Å². The number of fused-ring (bicyclic) bond motifs is 1. The summed E-state index contributed by atoms with van der Waals surface area (Å²) in [5, 5.41) is 0. The molecule has 0 bridgehead atoms. The van der Waals surface area contributed by atoms with Crippen molar-refractivity contribution in [3.8, 4) is 11.5 Å². The second kappa shape index (κ2) is 8.94. The molecule has 4 nitrogen and oxygen atoms in total. The lowest BCUT2D eigenvalue weighted by atomic mass is 9.80. The Labute approximate surface area is 162 Å². The Balaban J connectivity index is 1.62. The van der Waals surface area contributed by atoms with E-state index in [4.69, 9.17) is 9.47 Å². The fraction of sp³-hybridized carbons (Fsp3) is 0.435. The van der Waals surface area contributed by atoms with Crippen molar-refractivity contribution in [2.24, 2.45) is 0 Å². The third-order valence-electron chi connectivity index (χ3n) is 5.29. The Morgan fingerprint density at radius 2 is 1.89 bits per heavy atom. The molecule has 0 aromatic heterocycles. The Kier molecular flexibility index (Phi) is 6.38. The number of nitrogens with zero attached hydrogens (tertiary/aromatic N) is 1. The van der Waals surface area contributed by atoms with E-state index < -0.39 is 0 Å². The topological polar surface area (TPSA) is 38.8 Å². The number of ether oxygens (including phenoxy) is 2. The van der Waals surface area contributed by atoms with Gasteiger partial charge in [-0.3, -0.25) is 4.79 Å². The highest BCUT2D eigenvalue weighted by atomic mass is 16.5. The molecule has 2 aromatic carbocycles. The van der Waals surface area contributed by atoms with Crippen molar-refractivity contribution in [2.45, 2.75) is 45.1 Å². The number of amides is 1. The quantitative estimate of drug-likeness (QED) is 0.720. The normalized spacial score (nSPS) is 15.7. The molecule has 0 saturated carbocycles. The molecule has 1 amide bonds. The van der Waals surface area contributed by atoms with Gasteiger partial charge in [0, 0.05) is 20.0 Å². The minimum Gasteiger partial charge on any atom is -0.497 e. The van der Waals surface area contributed by atoms with E-state index in [-0.39, 0.29) is 5.91 Å². The molecule has 1 aliphatic rings. The molecule has 4 heteroatoms. The molecule has 0 heterocycles. The van der Waals surface area contributed by atoms with E-state index in [0.29, 0.717) is 25.5 Å². The number of carbonyl (C=O) groups excluding carboxylic acids is 1. The van der Waals surface area contributed by atoms with Crippen molar-refractivity contribution in [1.82, 2.24) is 4.90 Å². The second-order valence-corrected chi connectivity index (χ2v) is 7.18.